The third-order valence-corrected chi connectivity index (χ3v) is 2.04. The number of carbonyl (C=O) groups excluding carboxylic acids is 1. The molecule has 5 heteroatoms. The van der Waals surface area contributed by atoms with E-state index >= 15 is 0 Å². The molecule has 1 aromatic rings. The van der Waals surface area contributed by atoms with E-state index < -0.39 is 0 Å². The SMILES string of the molecule is O=C1Cn2nc(Br)cc2CC=N1. The summed E-state index contributed by atoms with van der Waals surface area (Å²) >= 11 is 3.25. The summed E-state index contributed by atoms with van der Waals surface area (Å²) in [6.45, 7) is 0.247. The van der Waals surface area contributed by atoms with Gasteiger partial charge in [-0.15, -0.1) is 0 Å². The molecule has 0 atom stereocenters. The van der Waals surface area contributed by atoms with Gasteiger partial charge in [0.2, 0.25) is 0 Å². The fourth-order valence-electron chi connectivity index (χ4n) is 1.13. The Morgan fingerprint density at radius 1 is 1.58 bits per heavy atom. The minimum absolute atomic E-state index is 0.149. The van der Waals surface area contributed by atoms with Gasteiger partial charge in [-0.25, -0.2) is 4.99 Å². The normalized spacial score (nSPS) is 15.9. The zero-order chi connectivity index (χ0) is 8.55. The summed E-state index contributed by atoms with van der Waals surface area (Å²) in [6, 6.07) is 1.89. The van der Waals surface area contributed by atoms with E-state index in [1.54, 1.807) is 10.9 Å². The molecule has 0 N–H and O–H groups in total. The van der Waals surface area contributed by atoms with Crippen LogP contribution >= 0.6 is 15.9 Å². The Labute approximate surface area is 77.4 Å². The highest BCUT2D eigenvalue weighted by Gasteiger charge is 2.11. The number of amides is 1. The Bertz CT molecular complexity index is 356. The number of hydrogen-bond acceptors (Lipinski definition) is 2. The van der Waals surface area contributed by atoms with Crippen LogP contribution in [0.5, 0.6) is 0 Å². The van der Waals surface area contributed by atoms with Crippen LogP contribution in [0.1, 0.15) is 5.69 Å². The molecule has 0 spiro atoms. The smallest absolute Gasteiger partial charge is 0.267 e. The van der Waals surface area contributed by atoms with Crippen molar-refractivity contribution in [2.75, 3.05) is 0 Å². The Kier molecular flexibility index (Phi) is 1.80. The summed E-state index contributed by atoms with van der Waals surface area (Å²) in [5.74, 6) is -0.149. The second kappa shape index (κ2) is 2.82. The van der Waals surface area contributed by atoms with Gasteiger partial charge < -0.3 is 0 Å². The molecule has 0 saturated heterocycles. The van der Waals surface area contributed by atoms with Crippen LogP contribution in [0.2, 0.25) is 0 Å². The van der Waals surface area contributed by atoms with Gasteiger partial charge in [0.1, 0.15) is 11.1 Å². The van der Waals surface area contributed by atoms with Crippen molar-refractivity contribution in [3.05, 3.63) is 16.4 Å². The molecule has 1 aliphatic heterocycles. The summed E-state index contributed by atoms with van der Waals surface area (Å²) in [5, 5.41) is 4.09. The number of aromatic nitrogens is 2. The van der Waals surface area contributed by atoms with Gasteiger partial charge in [-0.3, -0.25) is 9.48 Å². The van der Waals surface area contributed by atoms with Crippen molar-refractivity contribution < 1.29 is 4.79 Å². The molecule has 12 heavy (non-hydrogen) atoms. The molecule has 0 radical (unpaired) electrons. The van der Waals surface area contributed by atoms with E-state index in [1.807, 2.05) is 6.07 Å². The van der Waals surface area contributed by atoms with Gasteiger partial charge >= 0.3 is 0 Å². The molecule has 2 rings (SSSR count). The molecule has 1 aromatic heterocycles. The van der Waals surface area contributed by atoms with Crippen LogP contribution in [0.4, 0.5) is 0 Å². The van der Waals surface area contributed by atoms with Gasteiger partial charge in [-0.2, -0.15) is 5.10 Å². The zero-order valence-electron chi connectivity index (χ0n) is 6.20. The summed E-state index contributed by atoms with van der Waals surface area (Å²) < 4.78 is 2.43. The molecule has 2 heterocycles. The summed E-state index contributed by atoms with van der Waals surface area (Å²) in [7, 11) is 0. The van der Waals surface area contributed by atoms with Crippen LogP contribution < -0.4 is 0 Å². The van der Waals surface area contributed by atoms with E-state index in [2.05, 4.69) is 26.0 Å². The van der Waals surface area contributed by atoms with Crippen molar-refractivity contribution in [1.29, 1.82) is 0 Å². The summed E-state index contributed by atoms with van der Waals surface area (Å²) in [4.78, 5) is 14.7. The van der Waals surface area contributed by atoms with Crippen molar-refractivity contribution in [2.45, 2.75) is 13.0 Å². The van der Waals surface area contributed by atoms with Crippen LogP contribution in [0.3, 0.4) is 0 Å². The van der Waals surface area contributed by atoms with Gasteiger partial charge in [-0.1, -0.05) is 0 Å². The van der Waals surface area contributed by atoms with E-state index in [1.165, 1.54) is 0 Å². The van der Waals surface area contributed by atoms with E-state index in [-0.39, 0.29) is 12.5 Å². The lowest BCUT2D eigenvalue weighted by molar-refractivity contribution is -0.118. The Balaban J connectivity index is 2.43. The predicted molar refractivity (Wildman–Crippen MR) is 47.1 cm³/mol. The van der Waals surface area contributed by atoms with Crippen LogP contribution in [-0.2, 0) is 17.8 Å². The lowest BCUT2D eigenvalue weighted by Gasteiger charge is -1.97. The molecule has 0 saturated carbocycles. The number of aliphatic imine (C=N–C) groups is 1. The first-order valence-electron chi connectivity index (χ1n) is 3.53. The number of carbonyl (C=O) groups is 1. The molecule has 0 unspecified atom stereocenters. The van der Waals surface area contributed by atoms with E-state index in [4.69, 9.17) is 0 Å². The average molecular weight is 228 g/mol. The minimum Gasteiger partial charge on any atom is -0.270 e. The molecule has 4 nitrogen and oxygen atoms in total. The van der Waals surface area contributed by atoms with Crippen molar-refractivity contribution in [1.82, 2.24) is 9.78 Å². The number of hydrogen-bond donors (Lipinski definition) is 0. The molecular formula is C7H6BrN3O. The maximum Gasteiger partial charge on any atom is 0.267 e. The summed E-state index contributed by atoms with van der Waals surface area (Å²) in [6.07, 6.45) is 2.29. The van der Waals surface area contributed by atoms with E-state index in [0.29, 0.717) is 6.42 Å². The molecule has 1 amide bonds. The third-order valence-electron chi connectivity index (χ3n) is 1.65. The topological polar surface area (TPSA) is 47.2 Å². The lowest BCUT2D eigenvalue weighted by Crippen LogP contribution is -2.09. The summed E-state index contributed by atoms with van der Waals surface area (Å²) in [5.41, 5.74) is 1.01. The second-order valence-corrected chi connectivity index (χ2v) is 3.34. The third kappa shape index (κ3) is 1.32. The first-order chi connectivity index (χ1) is 5.75. The molecule has 0 aliphatic carbocycles. The lowest BCUT2D eigenvalue weighted by atomic mass is 10.3. The van der Waals surface area contributed by atoms with Gasteiger partial charge in [0.15, 0.2) is 0 Å². The molecule has 0 fully saturated rings. The molecule has 62 valence electrons. The standard InChI is InChI=1S/C7H6BrN3O/c8-6-3-5-1-2-9-7(12)4-11(5)10-6/h2-3H,1,4H2. The zero-order valence-corrected chi connectivity index (χ0v) is 7.78. The maximum atomic E-state index is 11.0. The van der Waals surface area contributed by atoms with Crippen molar-refractivity contribution in [3.63, 3.8) is 0 Å². The highest BCUT2D eigenvalue weighted by atomic mass is 79.9. The van der Waals surface area contributed by atoms with E-state index in [0.717, 1.165) is 10.3 Å². The minimum atomic E-state index is -0.149. The first kappa shape index (κ1) is 7.67. The Morgan fingerprint density at radius 2 is 2.42 bits per heavy atom. The number of fused-ring (bicyclic) bond motifs is 1. The number of halogens is 1. The number of nitrogens with zero attached hydrogens (tertiary/aromatic N) is 3. The van der Waals surface area contributed by atoms with E-state index in [9.17, 15) is 4.79 Å². The predicted octanol–water partition coefficient (Wildman–Crippen LogP) is 0.799. The fraction of sp³-hybridized carbons (Fsp3) is 0.286. The highest BCUT2D eigenvalue weighted by molar-refractivity contribution is 9.10. The van der Waals surface area contributed by atoms with Gasteiger partial charge in [0.25, 0.3) is 5.91 Å². The monoisotopic (exact) mass is 227 g/mol. The molecule has 1 aliphatic rings. The van der Waals surface area contributed by atoms with Gasteiger partial charge in [0, 0.05) is 18.3 Å². The first-order valence-corrected chi connectivity index (χ1v) is 4.32. The molecular weight excluding hydrogens is 222 g/mol. The quantitative estimate of drug-likeness (QED) is 0.659. The highest BCUT2D eigenvalue weighted by Crippen LogP contribution is 2.12. The fourth-order valence-corrected chi connectivity index (χ4v) is 1.59. The van der Waals surface area contributed by atoms with Crippen molar-refractivity contribution in [3.8, 4) is 0 Å². The number of rotatable bonds is 0. The largest absolute Gasteiger partial charge is 0.270 e. The van der Waals surface area contributed by atoms with Crippen LogP contribution in [-0.4, -0.2) is 21.9 Å². The Hall–Kier alpha value is -0.970. The molecule has 0 aromatic carbocycles. The molecule has 0 bridgehead atoms. The average Bonchev–Trinajstić information content (AvgIpc) is 2.23. The van der Waals surface area contributed by atoms with Gasteiger partial charge in [-0.05, 0) is 22.0 Å². The van der Waals surface area contributed by atoms with Crippen molar-refractivity contribution >= 4 is 28.1 Å². The van der Waals surface area contributed by atoms with Crippen molar-refractivity contribution in [2.24, 2.45) is 4.99 Å². The van der Waals surface area contributed by atoms with Crippen LogP contribution in [0.15, 0.2) is 15.7 Å². The van der Waals surface area contributed by atoms with Crippen LogP contribution in [0.25, 0.3) is 0 Å². The maximum absolute atomic E-state index is 11.0. The Morgan fingerprint density at radius 3 is 3.25 bits per heavy atom. The second-order valence-electron chi connectivity index (χ2n) is 2.53. The van der Waals surface area contributed by atoms with Gasteiger partial charge in [0.05, 0.1) is 0 Å². The van der Waals surface area contributed by atoms with Crippen LogP contribution in [0, 0.1) is 0 Å².